The standard InChI is InChI=1S/C29H23BClNO3S/c1-28(2)29(3,4)35-30(34-28)25-14-18-9-8-17(12-23(18)33-25)19-7-5-6-16-13-24-21(15-20(16)19)26-27(36-24)22(31)10-11-32-26/h5-15H,1-4H3. The molecule has 0 bridgehead atoms. The molecule has 1 aliphatic rings. The zero-order valence-electron chi connectivity index (χ0n) is 20.4. The second kappa shape index (κ2) is 7.56. The van der Waals surface area contributed by atoms with Crippen LogP contribution >= 0.6 is 22.9 Å². The first kappa shape index (κ1) is 22.3. The van der Waals surface area contributed by atoms with Crippen LogP contribution in [0, 0.1) is 0 Å². The molecule has 0 radical (unpaired) electrons. The summed E-state index contributed by atoms with van der Waals surface area (Å²) in [5, 5.41) is 5.24. The van der Waals surface area contributed by atoms with Crippen LogP contribution in [-0.2, 0) is 9.31 Å². The van der Waals surface area contributed by atoms with Crippen LogP contribution in [0.4, 0.5) is 0 Å². The van der Waals surface area contributed by atoms with Gasteiger partial charge in [-0.2, -0.15) is 0 Å². The van der Waals surface area contributed by atoms with Crippen molar-refractivity contribution in [1.29, 1.82) is 0 Å². The Kier molecular flexibility index (Phi) is 4.69. The van der Waals surface area contributed by atoms with Crippen LogP contribution in [0.2, 0.25) is 5.02 Å². The molecule has 7 rings (SSSR count). The molecule has 0 atom stereocenters. The molecule has 4 nitrogen and oxygen atoms in total. The van der Waals surface area contributed by atoms with Gasteiger partial charge in [0.05, 0.1) is 26.4 Å². The SMILES string of the molecule is CC1(C)OB(c2cc3ccc(-c4cccc5cc6sc7c(Cl)ccnc7c6cc45)cc3o2)OC1(C)C. The van der Waals surface area contributed by atoms with E-state index >= 15 is 0 Å². The van der Waals surface area contributed by atoms with Gasteiger partial charge in [0.15, 0.2) is 0 Å². The lowest BCUT2D eigenvalue weighted by atomic mass is 9.86. The molecule has 3 aromatic carbocycles. The van der Waals surface area contributed by atoms with Gasteiger partial charge >= 0.3 is 7.12 Å². The van der Waals surface area contributed by atoms with E-state index in [1.807, 2.05) is 39.8 Å². The Balaban J connectivity index is 1.35. The fourth-order valence-corrected chi connectivity index (χ4v) is 6.30. The molecule has 0 unspecified atom stereocenters. The Bertz CT molecular complexity index is 1820. The fourth-order valence-electron chi connectivity index (χ4n) is 4.94. The molecule has 0 N–H and O–H groups in total. The number of hydrogen-bond acceptors (Lipinski definition) is 5. The molecule has 0 spiro atoms. The van der Waals surface area contributed by atoms with Gasteiger partial charge in [0.1, 0.15) is 11.2 Å². The molecule has 1 fully saturated rings. The first-order valence-corrected chi connectivity index (χ1v) is 13.2. The van der Waals surface area contributed by atoms with Crippen molar-refractivity contribution in [2.45, 2.75) is 38.9 Å². The molecule has 0 aliphatic carbocycles. The van der Waals surface area contributed by atoms with Crippen LogP contribution in [0.25, 0.3) is 53.2 Å². The van der Waals surface area contributed by atoms with Gasteiger partial charge in [0.25, 0.3) is 0 Å². The Morgan fingerprint density at radius 3 is 2.47 bits per heavy atom. The summed E-state index contributed by atoms with van der Waals surface area (Å²) in [6.45, 7) is 8.19. The average Bonchev–Trinajstić information content (AvgIpc) is 3.49. The number of furan rings is 1. The molecule has 3 aromatic heterocycles. The monoisotopic (exact) mass is 511 g/mol. The van der Waals surface area contributed by atoms with Gasteiger partial charge in [-0.05, 0) is 79.9 Å². The fraction of sp³-hybridized carbons (Fsp3) is 0.207. The summed E-state index contributed by atoms with van der Waals surface area (Å²) in [6, 6.07) is 21.1. The molecule has 7 heteroatoms. The number of rotatable bonds is 2. The van der Waals surface area contributed by atoms with Crippen molar-refractivity contribution < 1.29 is 13.7 Å². The highest BCUT2D eigenvalue weighted by Gasteiger charge is 2.53. The zero-order chi connectivity index (χ0) is 24.8. The minimum Gasteiger partial charge on any atom is -0.465 e. The molecule has 0 saturated carbocycles. The van der Waals surface area contributed by atoms with Crippen molar-refractivity contribution in [2.75, 3.05) is 0 Å². The molecular weight excluding hydrogens is 489 g/mol. The normalized spacial score (nSPS) is 17.2. The van der Waals surface area contributed by atoms with E-state index in [4.69, 9.17) is 25.3 Å². The summed E-state index contributed by atoms with van der Waals surface area (Å²) in [4.78, 5) is 4.63. The Morgan fingerprint density at radius 2 is 1.67 bits per heavy atom. The van der Waals surface area contributed by atoms with Crippen molar-refractivity contribution in [1.82, 2.24) is 4.98 Å². The largest absolute Gasteiger partial charge is 0.532 e. The van der Waals surface area contributed by atoms with Gasteiger partial charge in [-0.1, -0.05) is 41.9 Å². The summed E-state index contributed by atoms with van der Waals surface area (Å²) >= 11 is 8.15. The van der Waals surface area contributed by atoms with E-state index in [-0.39, 0.29) is 0 Å². The highest BCUT2D eigenvalue weighted by Crippen LogP contribution is 2.41. The number of hydrogen-bond donors (Lipinski definition) is 0. The number of benzene rings is 3. The van der Waals surface area contributed by atoms with E-state index in [1.54, 1.807) is 17.5 Å². The first-order valence-electron chi connectivity index (χ1n) is 12.0. The van der Waals surface area contributed by atoms with Crippen LogP contribution in [-0.4, -0.2) is 23.3 Å². The predicted octanol–water partition coefficient (Wildman–Crippen LogP) is 7.97. The second-order valence-corrected chi connectivity index (χ2v) is 11.9. The summed E-state index contributed by atoms with van der Waals surface area (Å²) in [5.74, 6) is 0. The van der Waals surface area contributed by atoms with Gasteiger partial charge in [-0.15, -0.1) is 11.3 Å². The third kappa shape index (κ3) is 3.25. The number of halogens is 1. The van der Waals surface area contributed by atoms with Crippen molar-refractivity contribution in [3.05, 3.63) is 71.9 Å². The van der Waals surface area contributed by atoms with E-state index in [9.17, 15) is 0 Å². The number of fused-ring (bicyclic) bond motifs is 5. The molecular formula is C29H23BClNO3S. The van der Waals surface area contributed by atoms with Crippen LogP contribution in [0.1, 0.15) is 27.7 Å². The highest BCUT2D eigenvalue weighted by molar-refractivity contribution is 7.26. The smallest absolute Gasteiger partial charge is 0.465 e. The lowest BCUT2D eigenvalue weighted by Crippen LogP contribution is -2.41. The molecule has 178 valence electrons. The maximum atomic E-state index is 6.47. The van der Waals surface area contributed by atoms with Crippen LogP contribution < -0.4 is 5.66 Å². The van der Waals surface area contributed by atoms with E-state index in [1.165, 1.54) is 15.5 Å². The van der Waals surface area contributed by atoms with Gasteiger partial charge in [-0.25, -0.2) is 0 Å². The quantitative estimate of drug-likeness (QED) is 0.221. The maximum Gasteiger partial charge on any atom is 0.532 e. The van der Waals surface area contributed by atoms with Crippen molar-refractivity contribution in [2.24, 2.45) is 0 Å². The van der Waals surface area contributed by atoms with E-state index < -0.39 is 18.3 Å². The van der Waals surface area contributed by atoms with Gasteiger partial charge < -0.3 is 13.7 Å². The number of pyridine rings is 1. The molecule has 4 heterocycles. The van der Waals surface area contributed by atoms with E-state index in [0.717, 1.165) is 42.7 Å². The summed E-state index contributed by atoms with van der Waals surface area (Å²) in [5.41, 5.74) is 3.85. The highest BCUT2D eigenvalue weighted by atomic mass is 35.5. The average molecular weight is 512 g/mol. The minimum absolute atomic E-state index is 0.416. The van der Waals surface area contributed by atoms with Crippen LogP contribution in [0.5, 0.6) is 0 Å². The third-order valence-electron chi connectivity index (χ3n) is 7.64. The van der Waals surface area contributed by atoms with Crippen LogP contribution in [0.3, 0.4) is 0 Å². The van der Waals surface area contributed by atoms with Gasteiger partial charge in [0.2, 0.25) is 0 Å². The second-order valence-electron chi connectivity index (χ2n) is 10.4. The minimum atomic E-state index is -0.525. The van der Waals surface area contributed by atoms with Crippen molar-refractivity contribution >= 4 is 77.8 Å². The molecule has 1 saturated heterocycles. The van der Waals surface area contributed by atoms with E-state index in [2.05, 4.69) is 53.5 Å². The lowest BCUT2D eigenvalue weighted by molar-refractivity contribution is 0.00578. The topological polar surface area (TPSA) is 44.5 Å². The number of thiophene rings is 1. The molecule has 36 heavy (non-hydrogen) atoms. The molecule has 0 amide bonds. The van der Waals surface area contributed by atoms with Crippen molar-refractivity contribution in [3.63, 3.8) is 0 Å². The Hall–Kier alpha value is -2.90. The lowest BCUT2D eigenvalue weighted by Gasteiger charge is -2.32. The Labute approximate surface area is 217 Å². The molecule has 1 aliphatic heterocycles. The first-order chi connectivity index (χ1) is 17.2. The zero-order valence-corrected chi connectivity index (χ0v) is 22.0. The van der Waals surface area contributed by atoms with E-state index in [0.29, 0.717) is 5.66 Å². The van der Waals surface area contributed by atoms with Gasteiger partial charge in [-0.3, -0.25) is 4.98 Å². The predicted molar refractivity (Wildman–Crippen MR) is 151 cm³/mol. The summed E-state index contributed by atoms with van der Waals surface area (Å²) in [6.07, 6.45) is 1.77. The molecule has 6 aromatic rings. The summed E-state index contributed by atoms with van der Waals surface area (Å²) in [7, 11) is -0.525. The maximum absolute atomic E-state index is 6.47. The van der Waals surface area contributed by atoms with Gasteiger partial charge in [0, 0.05) is 21.7 Å². The number of aromatic nitrogens is 1. The van der Waals surface area contributed by atoms with Crippen LogP contribution in [0.15, 0.2) is 71.3 Å². The summed E-state index contributed by atoms with van der Waals surface area (Å²) < 4.78 is 20.9. The van der Waals surface area contributed by atoms with Crippen molar-refractivity contribution in [3.8, 4) is 11.1 Å². The number of nitrogens with zero attached hydrogens (tertiary/aromatic N) is 1. The Morgan fingerprint density at radius 1 is 0.861 bits per heavy atom. The third-order valence-corrected chi connectivity index (χ3v) is 9.24.